The number of carbonyl (C=O) groups excluding carboxylic acids is 1. The van der Waals surface area contributed by atoms with Crippen LogP contribution >= 0.6 is 0 Å². The van der Waals surface area contributed by atoms with Crippen LogP contribution in [0.4, 0.5) is 0 Å². The standard InChI is InChI=1S/C8H12O2/c1-6(2)3-7-4-10-5-8(7)9/h4,6H,3,5H2,1-2H3. The first-order valence-corrected chi connectivity index (χ1v) is 3.54. The predicted octanol–water partition coefficient (Wildman–Crippen LogP) is 1.52. The van der Waals surface area contributed by atoms with Crippen molar-refractivity contribution in [2.45, 2.75) is 20.3 Å². The van der Waals surface area contributed by atoms with Gasteiger partial charge < -0.3 is 4.74 Å². The summed E-state index contributed by atoms with van der Waals surface area (Å²) in [5.41, 5.74) is 0.843. The SMILES string of the molecule is CC(C)CC1=COCC1=O. The van der Waals surface area contributed by atoms with E-state index in [9.17, 15) is 4.79 Å². The van der Waals surface area contributed by atoms with E-state index < -0.39 is 0 Å². The lowest BCUT2D eigenvalue weighted by atomic mass is 10.0. The molecule has 0 aliphatic carbocycles. The van der Waals surface area contributed by atoms with Gasteiger partial charge in [0, 0.05) is 5.57 Å². The Kier molecular flexibility index (Phi) is 2.10. The Bertz CT molecular complexity index is 168. The summed E-state index contributed by atoms with van der Waals surface area (Å²) in [6.45, 7) is 4.43. The molecule has 0 bridgehead atoms. The minimum Gasteiger partial charge on any atom is -0.493 e. The molecule has 0 aromatic heterocycles. The van der Waals surface area contributed by atoms with Crippen molar-refractivity contribution in [3.8, 4) is 0 Å². The van der Waals surface area contributed by atoms with Gasteiger partial charge in [-0.2, -0.15) is 0 Å². The first-order valence-electron chi connectivity index (χ1n) is 3.54. The lowest BCUT2D eigenvalue weighted by Gasteiger charge is -2.00. The van der Waals surface area contributed by atoms with E-state index in [4.69, 9.17) is 4.74 Å². The van der Waals surface area contributed by atoms with Crippen molar-refractivity contribution in [3.05, 3.63) is 11.8 Å². The summed E-state index contributed by atoms with van der Waals surface area (Å²) in [5, 5.41) is 0. The summed E-state index contributed by atoms with van der Waals surface area (Å²) in [6, 6.07) is 0. The predicted molar refractivity (Wildman–Crippen MR) is 38.5 cm³/mol. The van der Waals surface area contributed by atoms with E-state index in [1.165, 1.54) is 0 Å². The quantitative estimate of drug-likeness (QED) is 0.581. The number of hydrogen-bond acceptors (Lipinski definition) is 2. The molecule has 0 saturated heterocycles. The van der Waals surface area contributed by atoms with Crippen LogP contribution in [-0.2, 0) is 9.53 Å². The Balaban J connectivity index is 2.48. The van der Waals surface area contributed by atoms with Gasteiger partial charge in [-0.1, -0.05) is 13.8 Å². The summed E-state index contributed by atoms with van der Waals surface area (Å²) in [5.74, 6) is 0.686. The highest BCUT2D eigenvalue weighted by molar-refractivity contribution is 5.97. The molecule has 1 heterocycles. The van der Waals surface area contributed by atoms with Crippen LogP contribution in [0.1, 0.15) is 20.3 Å². The first kappa shape index (κ1) is 7.32. The van der Waals surface area contributed by atoms with E-state index in [1.54, 1.807) is 6.26 Å². The molecule has 0 aromatic rings. The molecule has 0 radical (unpaired) electrons. The molecule has 0 spiro atoms. The van der Waals surface area contributed by atoms with Crippen LogP contribution in [0.25, 0.3) is 0 Å². The average molecular weight is 140 g/mol. The van der Waals surface area contributed by atoms with Crippen molar-refractivity contribution < 1.29 is 9.53 Å². The van der Waals surface area contributed by atoms with Gasteiger partial charge in [0.05, 0.1) is 6.26 Å². The highest BCUT2D eigenvalue weighted by Gasteiger charge is 2.16. The zero-order valence-electron chi connectivity index (χ0n) is 6.39. The molecule has 0 aromatic carbocycles. The molecule has 2 heteroatoms. The van der Waals surface area contributed by atoms with Crippen LogP contribution in [0.15, 0.2) is 11.8 Å². The first-order chi connectivity index (χ1) is 4.70. The fraction of sp³-hybridized carbons (Fsp3) is 0.625. The monoisotopic (exact) mass is 140 g/mol. The summed E-state index contributed by atoms with van der Waals surface area (Å²) in [7, 11) is 0. The molecule has 1 aliphatic heterocycles. The largest absolute Gasteiger partial charge is 0.493 e. The van der Waals surface area contributed by atoms with Gasteiger partial charge in [0.1, 0.15) is 6.61 Å². The minimum absolute atomic E-state index is 0.147. The van der Waals surface area contributed by atoms with Crippen molar-refractivity contribution in [2.24, 2.45) is 5.92 Å². The third-order valence-corrected chi connectivity index (χ3v) is 1.43. The van der Waals surface area contributed by atoms with Crippen molar-refractivity contribution >= 4 is 5.78 Å². The Morgan fingerprint density at radius 2 is 2.40 bits per heavy atom. The second-order valence-electron chi connectivity index (χ2n) is 2.98. The molecule has 1 aliphatic rings. The molecular formula is C8H12O2. The molecule has 2 nitrogen and oxygen atoms in total. The maximum Gasteiger partial charge on any atom is 0.199 e. The molecule has 56 valence electrons. The molecule has 0 amide bonds. The molecule has 0 atom stereocenters. The molecule has 0 saturated carbocycles. The van der Waals surface area contributed by atoms with E-state index in [2.05, 4.69) is 13.8 Å². The smallest absolute Gasteiger partial charge is 0.199 e. The number of ketones is 1. The Morgan fingerprint density at radius 1 is 1.70 bits per heavy atom. The van der Waals surface area contributed by atoms with E-state index in [0.717, 1.165) is 12.0 Å². The van der Waals surface area contributed by atoms with E-state index in [1.807, 2.05) is 0 Å². The van der Waals surface area contributed by atoms with Gasteiger partial charge in [0.2, 0.25) is 0 Å². The third-order valence-electron chi connectivity index (χ3n) is 1.43. The molecule has 10 heavy (non-hydrogen) atoms. The van der Waals surface area contributed by atoms with Crippen LogP contribution in [0.5, 0.6) is 0 Å². The molecule has 0 fully saturated rings. The van der Waals surface area contributed by atoms with Gasteiger partial charge >= 0.3 is 0 Å². The number of ether oxygens (including phenoxy) is 1. The molecule has 1 rings (SSSR count). The van der Waals surface area contributed by atoms with Crippen LogP contribution < -0.4 is 0 Å². The normalized spacial score (nSPS) is 17.5. The molecule has 0 N–H and O–H groups in total. The van der Waals surface area contributed by atoms with Crippen LogP contribution in [0.3, 0.4) is 0 Å². The topological polar surface area (TPSA) is 26.3 Å². The number of hydrogen-bond donors (Lipinski definition) is 0. The van der Waals surface area contributed by atoms with Gasteiger partial charge in [-0.15, -0.1) is 0 Å². The van der Waals surface area contributed by atoms with Gasteiger partial charge in [-0.25, -0.2) is 0 Å². The number of Topliss-reactive ketones (excluding diaryl/α,β-unsaturated/α-hetero) is 1. The number of rotatable bonds is 2. The van der Waals surface area contributed by atoms with Gasteiger partial charge in [0.25, 0.3) is 0 Å². The van der Waals surface area contributed by atoms with Crippen LogP contribution in [0.2, 0.25) is 0 Å². The van der Waals surface area contributed by atoms with Crippen LogP contribution in [0, 0.1) is 5.92 Å². The second-order valence-corrected chi connectivity index (χ2v) is 2.98. The molecule has 0 unspecified atom stereocenters. The average Bonchev–Trinajstić information content (AvgIpc) is 2.15. The zero-order valence-corrected chi connectivity index (χ0v) is 6.39. The Hall–Kier alpha value is -0.790. The van der Waals surface area contributed by atoms with E-state index in [0.29, 0.717) is 5.92 Å². The minimum atomic E-state index is 0.147. The van der Waals surface area contributed by atoms with Crippen LogP contribution in [-0.4, -0.2) is 12.4 Å². The molecular weight excluding hydrogens is 128 g/mol. The van der Waals surface area contributed by atoms with Gasteiger partial charge in [-0.3, -0.25) is 4.79 Å². The summed E-state index contributed by atoms with van der Waals surface area (Å²) < 4.78 is 4.86. The van der Waals surface area contributed by atoms with Crippen molar-refractivity contribution in [1.82, 2.24) is 0 Å². The Labute approximate surface area is 60.9 Å². The van der Waals surface area contributed by atoms with Gasteiger partial charge in [0.15, 0.2) is 5.78 Å². The fourth-order valence-electron chi connectivity index (χ4n) is 0.978. The third kappa shape index (κ3) is 1.59. The van der Waals surface area contributed by atoms with Crippen molar-refractivity contribution in [2.75, 3.05) is 6.61 Å². The highest BCUT2D eigenvalue weighted by atomic mass is 16.5. The highest BCUT2D eigenvalue weighted by Crippen LogP contribution is 2.15. The second kappa shape index (κ2) is 2.86. The Morgan fingerprint density at radius 3 is 2.80 bits per heavy atom. The van der Waals surface area contributed by atoms with Crippen molar-refractivity contribution in [3.63, 3.8) is 0 Å². The maximum absolute atomic E-state index is 10.9. The number of carbonyl (C=O) groups is 1. The summed E-state index contributed by atoms with van der Waals surface area (Å²) >= 11 is 0. The van der Waals surface area contributed by atoms with E-state index >= 15 is 0 Å². The fourth-order valence-corrected chi connectivity index (χ4v) is 0.978. The van der Waals surface area contributed by atoms with E-state index in [-0.39, 0.29) is 12.4 Å². The van der Waals surface area contributed by atoms with Crippen molar-refractivity contribution in [1.29, 1.82) is 0 Å². The lowest BCUT2D eigenvalue weighted by molar-refractivity contribution is -0.116. The summed E-state index contributed by atoms with van der Waals surface area (Å²) in [4.78, 5) is 10.9. The van der Waals surface area contributed by atoms with Gasteiger partial charge in [-0.05, 0) is 12.3 Å². The maximum atomic E-state index is 10.9. The summed E-state index contributed by atoms with van der Waals surface area (Å²) in [6.07, 6.45) is 2.43. The lowest BCUT2D eigenvalue weighted by Crippen LogP contribution is -2.03. The zero-order chi connectivity index (χ0) is 7.56.